The minimum Gasteiger partial charge on any atom is -0.507 e. The largest absolute Gasteiger partial charge is 0.507 e. The van der Waals surface area contributed by atoms with Crippen molar-refractivity contribution in [1.29, 1.82) is 0 Å². The van der Waals surface area contributed by atoms with Gasteiger partial charge in [-0.3, -0.25) is 4.79 Å². The van der Waals surface area contributed by atoms with Crippen LogP contribution in [0.15, 0.2) is 18.2 Å². The summed E-state index contributed by atoms with van der Waals surface area (Å²) in [6.07, 6.45) is 0. The predicted molar refractivity (Wildman–Crippen MR) is 52.2 cm³/mol. The molecule has 0 radical (unpaired) electrons. The summed E-state index contributed by atoms with van der Waals surface area (Å²) in [4.78, 5) is 11.2. The molecule has 0 aromatic heterocycles. The number of hydrogen-bond acceptors (Lipinski definition) is 3. The number of rotatable bonds is 3. The molecule has 0 bridgehead atoms. The molecule has 0 atom stereocenters. The third-order valence-corrected chi connectivity index (χ3v) is 2.22. The van der Waals surface area contributed by atoms with E-state index in [1.807, 2.05) is 0 Å². The van der Waals surface area contributed by atoms with Crippen LogP contribution in [0.4, 0.5) is 0 Å². The smallest absolute Gasteiger partial charge is 0.177 e. The number of ketones is 1. The highest BCUT2D eigenvalue weighted by Crippen LogP contribution is 2.23. The van der Waals surface area contributed by atoms with E-state index < -0.39 is 0 Å². The van der Waals surface area contributed by atoms with E-state index in [-0.39, 0.29) is 29.0 Å². The van der Waals surface area contributed by atoms with Crippen LogP contribution in [0.1, 0.15) is 15.9 Å². The third kappa shape index (κ3) is 2.08. The number of phenols is 1. The lowest BCUT2D eigenvalue weighted by atomic mass is 10.1. The van der Waals surface area contributed by atoms with Gasteiger partial charge in [-0.05, 0) is 6.07 Å². The fraction of sp³-hybridized carbons (Fsp3) is 0.222. The Hall–Kier alpha value is -0.870. The molecule has 0 saturated heterocycles. The van der Waals surface area contributed by atoms with Crippen LogP contribution in [0.25, 0.3) is 0 Å². The van der Waals surface area contributed by atoms with Gasteiger partial charge in [-0.1, -0.05) is 28.1 Å². The van der Waals surface area contributed by atoms with Crippen LogP contribution in [0.2, 0.25) is 0 Å². The molecule has 1 aromatic rings. The van der Waals surface area contributed by atoms with Gasteiger partial charge in [-0.25, -0.2) is 0 Å². The van der Waals surface area contributed by atoms with Gasteiger partial charge in [-0.15, -0.1) is 0 Å². The van der Waals surface area contributed by atoms with Crippen LogP contribution in [0.3, 0.4) is 0 Å². The standard InChI is InChI=1S/C9H9BrO3/c10-4-8(12)7-3-1-2-6(5-11)9(7)13/h1-3,11,13H,4-5H2. The Kier molecular flexibility index (Phi) is 3.45. The molecule has 2 N–H and O–H groups in total. The second-order valence-corrected chi connectivity index (χ2v) is 3.09. The van der Waals surface area contributed by atoms with Gasteiger partial charge in [0.2, 0.25) is 0 Å². The summed E-state index contributed by atoms with van der Waals surface area (Å²) in [6, 6.07) is 4.72. The van der Waals surface area contributed by atoms with E-state index in [4.69, 9.17) is 5.11 Å². The lowest BCUT2D eigenvalue weighted by Gasteiger charge is -2.05. The summed E-state index contributed by atoms with van der Waals surface area (Å²) in [5.74, 6) is -0.331. The van der Waals surface area contributed by atoms with E-state index in [2.05, 4.69) is 15.9 Å². The number of halogens is 1. The van der Waals surface area contributed by atoms with Crippen LogP contribution in [-0.4, -0.2) is 21.3 Å². The van der Waals surface area contributed by atoms with Gasteiger partial charge in [0, 0.05) is 5.56 Å². The first kappa shape index (κ1) is 10.2. The second-order valence-electron chi connectivity index (χ2n) is 2.53. The van der Waals surface area contributed by atoms with Crippen molar-refractivity contribution in [2.75, 3.05) is 5.33 Å². The maximum Gasteiger partial charge on any atom is 0.177 e. The lowest BCUT2D eigenvalue weighted by Crippen LogP contribution is -2.01. The van der Waals surface area contributed by atoms with Gasteiger partial charge < -0.3 is 10.2 Å². The molecule has 0 fully saturated rings. The molecule has 0 aliphatic carbocycles. The first-order valence-corrected chi connectivity index (χ1v) is 4.83. The van der Waals surface area contributed by atoms with Crippen LogP contribution < -0.4 is 0 Å². The monoisotopic (exact) mass is 244 g/mol. The summed E-state index contributed by atoms with van der Waals surface area (Å²) in [5.41, 5.74) is 0.607. The van der Waals surface area contributed by atoms with Crippen molar-refractivity contribution in [2.24, 2.45) is 0 Å². The topological polar surface area (TPSA) is 57.5 Å². The van der Waals surface area contributed by atoms with Gasteiger partial charge in [0.25, 0.3) is 0 Å². The molecular formula is C9H9BrO3. The van der Waals surface area contributed by atoms with Crippen molar-refractivity contribution < 1.29 is 15.0 Å². The van der Waals surface area contributed by atoms with E-state index in [1.165, 1.54) is 6.07 Å². The van der Waals surface area contributed by atoms with Gasteiger partial charge in [0.1, 0.15) is 5.75 Å². The highest BCUT2D eigenvalue weighted by molar-refractivity contribution is 9.09. The van der Waals surface area contributed by atoms with Gasteiger partial charge in [0.15, 0.2) is 5.78 Å². The molecule has 1 rings (SSSR count). The van der Waals surface area contributed by atoms with Crippen LogP contribution in [0.5, 0.6) is 5.75 Å². The third-order valence-electron chi connectivity index (χ3n) is 1.71. The predicted octanol–water partition coefficient (Wildman–Crippen LogP) is 1.46. The van der Waals surface area contributed by atoms with Gasteiger partial charge >= 0.3 is 0 Å². The number of para-hydroxylation sites is 1. The Morgan fingerprint density at radius 3 is 2.69 bits per heavy atom. The number of carbonyl (C=O) groups excluding carboxylic acids is 1. The van der Waals surface area contributed by atoms with Crippen LogP contribution in [0, 0.1) is 0 Å². The number of aliphatic hydroxyl groups is 1. The first-order chi connectivity index (χ1) is 6.20. The Labute approximate surface area is 84.1 Å². The van der Waals surface area contributed by atoms with Crippen molar-refractivity contribution in [3.8, 4) is 5.75 Å². The Bertz CT molecular complexity index is 323. The molecule has 0 aliphatic rings. The van der Waals surface area contributed by atoms with Gasteiger partial charge in [-0.2, -0.15) is 0 Å². The zero-order valence-electron chi connectivity index (χ0n) is 6.83. The summed E-state index contributed by atoms with van der Waals surface area (Å²) in [5, 5.41) is 18.5. The molecule has 0 spiro atoms. The Balaban J connectivity index is 3.15. The number of alkyl halides is 1. The molecule has 3 nitrogen and oxygen atoms in total. The minimum absolute atomic E-state index is 0.130. The van der Waals surface area contributed by atoms with E-state index in [1.54, 1.807) is 12.1 Å². The van der Waals surface area contributed by atoms with E-state index in [0.717, 1.165) is 0 Å². The maximum atomic E-state index is 11.2. The second kappa shape index (κ2) is 4.39. The summed E-state index contributed by atoms with van der Waals surface area (Å²) in [7, 11) is 0. The molecule has 0 heterocycles. The van der Waals surface area contributed by atoms with Crippen molar-refractivity contribution in [3.63, 3.8) is 0 Å². The number of carbonyl (C=O) groups is 1. The van der Waals surface area contributed by atoms with Crippen molar-refractivity contribution in [3.05, 3.63) is 29.3 Å². The highest BCUT2D eigenvalue weighted by atomic mass is 79.9. The molecule has 4 heteroatoms. The summed E-state index contributed by atoms with van der Waals surface area (Å²) in [6.45, 7) is -0.269. The normalized spacial score (nSPS) is 10.0. The number of hydrogen-bond donors (Lipinski definition) is 2. The first-order valence-electron chi connectivity index (χ1n) is 3.71. The molecule has 1 aromatic carbocycles. The molecule has 70 valence electrons. The number of Topliss-reactive ketones (excluding diaryl/α,β-unsaturated/α-hetero) is 1. The zero-order chi connectivity index (χ0) is 9.84. The number of aromatic hydroxyl groups is 1. The van der Waals surface area contributed by atoms with Crippen molar-refractivity contribution in [1.82, 2.24) is 0 Å². The lowest BCUT2D eigenvalue weighted by molar-refractivity contribution is 0.102. The van der Waals surface area contributed by atoms with Crippen LogP contribution >= 0.6 is 15.9 Å². The molecule has 0 aliphatic heterocycles. The summed E-state index contributed by atoms with van der Waals surface area (Å²) >= 11 is 3.01. The van der Waals surface area contributed by atoms with E-state index in [9.17, 15) is 9.90 Å². The number of benzene rings is 1. The fourth-order valence-corrected chi connectivity index (χ4v) is 1.32. The maximum absolute atomic E-state index is 11.2. The summed E-state index contributed by atoms with van der Waals surface area (Å²) < 4.78 is 0. The molecule has 0 saturated carbocycles. The molecule has 13 heavy (non-hydrogen) atoms. The van der Waals surface area contributed by atoms with E-state index in [0.29, 0.717) is 5.56 Å². The van der Waals surface area contributed by atoms with Gasteiger partial charge in [0.05, 0.1) is 17.5 Å². The van der Waals surface area contributed by atoms with Crippen molar-refractivity contribution >= 4 is 21.7 Å². The zero-order valence-corrected chi connectivity index (χ0v) is 8.41. The molecule has 0 amide bonds. The fourth-order valence-electron chi connectivity index (χ4n) is 1.02. The van der Waals surface area contributed by atoms with E-state index >= 15 is 0 Å². The quantitative estimate of drug-likeness (QED) is 0.626. The Morgan fingerprint density at radius 1 is 1.46 bits per heavy atom. The Morgan fingerprint density at radius 2 is 2.15 bits per heavy atom. The molecular weight excluding hydrogens is 236 g/mol. The SMILES string of the molecule is O=C(CBr)c1cccc(CO)c1O. The van der Waals surface area contributed by atoms with Crippen molar-refractivity contribution in [2.45, 2.75) is 6.61 Å². The molecule has 0 unspecified atom stereocenters. The average molecular weight is 245 g/mol. The highest BCUT2D eigenvalue weighted by Gasteiger charge is 2.11. The number of aliphatic hydroxyl groups excluding tert-OH is 1. The minimum atomic E-state index is -0.269. The van der Waals surface area contributed by atoms with Crippen LogP contribution in [-0.2, 0) is 6.61 Å². The average Bonchev–Trinajstić information content (AvgIpc) is 2.17.